The van der Waals surface area contributed by atoms with Gasteiger partial charge in [-0.05, 0) is 5.56 Å². The molecule has 2 aromatic carbocycles. The molecule has 1 atom stereocenters. The van der Waals surface area contributed by atoms with Gasteiger partial charge < -0.3 is 8.98 Å². The molecule has 1 aliphatic rings. The van der Waals surface area contributed by atoms with Crippen LogP contribution >= 0.6 is 7.14 Å². The van der Waals surface area contributed by atoms with Crippen LogP contribution in [0.3, 0.4) is 0 Å². The van der Waals surface area contributed by atoms with Gasteiger partial charge >= 0.3 is 0 Å². The Bertz CT molecular complexity index is 1070. The molecule has 0 fully saturated rings. The van der Waals surface area contributed by atoms with E-state index in [-0.39, 0.29) is 23.1 Å². The second kappa shape index (κ2) is 6.35. The van der Waals surface area contributed by atoms with E-state index < -0.39 is 7.14 Å². The third-order valence-electron chi connectivity index (χ3n) is 5.27. The van der Waals surface area contributed by atoms with Gasteiger partial charge in [-0.1, -0.05) is 82.3 Å². The maximum absolute atomic E-state index is 14.5. The Morgan fingerprint density at radius 1 is 0.889 bits per heavy atom. The highest BCUT2D eigenvalue weighted by molar-refractivity contribution is 7.80. The highest BCUT2D eigenvalue weighted by Gasteiger charge is 2.47. The van der Waals surface area contributed by atoms with Crippen molar-refractivity contribution in [3.05, 3.63) is 71.7 Å². The summed E-state index contributed by atoms with van der Waals surface area (Å²) in [4.78, 5) is 13.2. The Labute approximate surface area is 159 Å². The van der Waals surface area contributed by atoms with E-state index in [4.69, 9.17) is 4.42 Å². The third kappa shape index (κ3) is 2.49. The van der Waals surface area contributed by atoms with Gasteiger partial charge in [-0.2, -0.15) is 0 Å². The van der Waals surface area contributed by atoms with Crippen LogP contribution in [0, 0.1) is 0 Å². The van der Waals surface area contributed by atoms with Crippen LogP contribution < -0.4 is 10.6 Å². The summed E-state index contributed by atoms with van der Waals surface area (Å²) in [6.07, 6.45) is 0. The van der Waals surface area contributed by atoms with Crippen molar-refractivity contribution in [2.75, 3.05) is 0 Å². The van der Waals surface area contributed by atoms with Crippen molar-refractivity contribution in [1.29, 1.82) is 0 Å². The minimum Gasteiger partial charge on any atom is -0.456 e. The molecule has 3 aromatic rings. The van der Waals surface area contributed by atoms with Crippen molar-refractivity contribution in [1.82, 2.24) is 0 Å². The summed E-state index contributed by atoms with van der Waals surface area (Å²) >= 11 is 0. The zero-order valence-corrected chi connectivity index (χ0v) is 16.9. The third-order valence-corrected chi connectivity index (χ3v) is 8.92. The Morgan fingerprint density at radius 3 is 2.15 bits per heavy atom. The first-order valence-corrected chi connectivity index (χ1v) is 11.1. The molecule has 138 valence electrons. The number of furan rings is 1. The molecule has 4 heteroatoms. The SMILES string of the molecule is CC(C)c1oc2c(c1-c1ccccc1)P(=O)(C(C)C)c1ccccc1C2=O. The number of hydrogen-bond donors (Lipinski definition) is 0. The molecule has 0 saturated heterocycles. The topological polar surface area (TPSA) is 47.3 Å². The van der Waals surface area contributed by atoms with Gasteiger partial charge in [0.05, 0.1) is 5.30 Å². The average molecular weight is 378 g/mol. The Balaban J connectivity index is 2.16. The molecule has 0 bridgehead atoms. The first-order valence-electron chi connectivity index (χ1n) is 9.34. The Kier molecular flexibility index (Phi) is 4.24. The lowest BCUT2D eigenvalue weighted by Gasteiger charge is -2.29. The minimum absolute atomic E-state index is 0.0716. The van der Waals surface area contributed by atoms with Crippen molar-refractivity contribution in [2.24, 2.45) is 0 Å². The van der Waals surface area contributed by atoms with E-state index in [1.165, 1.54) is 0 Å². The zero-order valence-electron chi connectivity index (χ0n) is 16.0. The van der Waals surface area contributed by atoms with E-state index in [9.17, 15) is 9.36 Å². The van der Waals surface area contributed by atoms with Gasteiger partial charge in [0.1, 0.15) is 5.76 Å². The summed E-state index contributed by atoms with van der Waals surface area (Å²) in [6, 6.07) is 17.1. The summed E-state index contributed by atoms with van der Waals surface area (Å²) in [5, 5.41) is 1.27. The van der Waals surface area contributed by atoms with Gasteiger partial charge in [-0.25, -0.2) is 0 Å². The minimum atomic E-state index is -3.04. The fourth-order valence-electron chi connectivity index (χ4n) is 3.94. The van der Waals surface area contributed by atoms with Gasteiger partial charge in [0, 0.05) is 28.0 Å². The standard InChI is InChI=1S/C23H23O3P/c1-14(2)21-19(16-10-6-5-7-11-16)23-22(26-21)20(24)17-12-8-9-13-18(17)27(23,25)15(3)4/h5-15H,1-4H3. The number of carbonyl (C=O) groups is 1. The van der Waals surface area contributed by atoms with E-state index in [0.29, 0.717) is 16.2 Å². The highest BCUT2D eigenvalue weighted by Crippen LogP contribution is 2.56. The number of ketones is 1. The molecule has 0 N–H and O–H groups in total. The average Bonchev–Trinajstić information content (AvgIpc) is 3.08. The van der Waals surface area contributed by atoms with Crippen molar-refractivity contribution >= 4 is 23.5 Å². The predicted molar refractivity (Wildman–Crippen MR) is 110 cm³/mol. The van der Waals surface area contributed by atoms with Crippen molar-refractivity contribution in [3.63, 3.8) is 0 Å². The molecular formula is C23H23O3P. The molecule has 0 saturated carbocycles. The second-order valence-corrected chi connectivity index (χ2v) is 10.9. The number of benzene rings is 2. The van der Waals surface area contributed by atoms with Gasteiger partial charge in [-0.15, -0.1) is 0 Å². The van der Waals surface area contributed by atoms with Crippen LogP contribution in [0.25, 0.3) is 11.1 Å². The molecule has 2 heterocycles. The van der Waals surface area contributed by atoms with E-state index >= 15 is 0 Å². The van der Waals surface area contributed by atoms with Gasteiger partial charge in [0.25, 0.3) is 0 Å². The lowest BCUT2D eigenvalue weighted by atomic mass is 9.99. The molecule has 1 aliphatic heterocycles. The van der Waals surface area contributed by atoms with E-state index in [0.717, 1.165) is 16.9 Å². The van der Waals surface area contributed by atoms with Crippen molar-refractivity contribution in [3.8, 4) is 11.1 Å². The van der Waals surface area contributed by atoms with Crippen LogP contribution in [-0.2, 0) is 4.57 Å². The molecule has 27 heavy (non-hydrogen) atoms. The Hall–Kier alpha value is -2.38. The molecule has 1 aromatic heterocycles. The monoisotopic (exact) mass is 378 g/mol. The maximum atomic E-state index is 14.5. The van der Waals surface area contributed by atoms with Crippen LogP contribution in [-0.4, -0.2) is 11.4 Å². The van der Waals surface area contributed by atoms with Gasteiger partial charge in [-0.3, -0.25) is 4.79 Å². The lowest BCUT2D eigenvalue weighted by molar-refractivity contribution is 0.101. The molecular weight excluding hydrogens is 355 g/mol. The smallest absolute Gasteiger partial charge is 0.229 e. The van der Waals surface area contributed by atoms with E-state index in [1.807, 2.05) is 76.2 Å². The largest absolute Gasteiger partial charge is 0.456 e. The highest BCUT2D eigenvalue weighted by atomic mass is 31.2. The summed E-state index contributed by atoms with van der Waals surface area (Å²) in [5.74, 6) is 0.889. The van der Waals surface area contributed by atoms with Crippen molar-refractivity contribution < 1.29 is 13.8 Å². The molecule has 4 rings (SSSR count). The van der Waals surface area contributed by atoms with Crippen LogP contribution in [0.15, 0.2) is 59.0 Å². The first kappa shape index (κ1) is 18.0. The fraction of sp³-hybridized carbons (Fsp3) is 0.261. The molecule has 0 aliphatic carbocycles. The van der Waals surface area contributed by atoms with Crippen LogP contribution in [0.5, 0.6) is 0 Å². The predicted octanol–water partition coefficient (Wildman–Crippen LogP) is 5.34. The molecule has 0 spiro atoms. The first-order chi connectivity index (χ1) is 12.9. The molecule has 0 amide bonds. The van der Waals surface area contributed by atoms with E-state index in [1.54, 1.807) is 6.07 Å². The number of fused-ring (bicyclic) bond motifs is 2. The zero-order chi connectivity index (χ0) is 19.3. The van der Waals surface area contributed by atoms with Crippen LogP contribution in [0.1, 0.15) is 55.5 Å². The molecule has 0 radical (unpaired) electrons. The number of rotatable bonds is 3. The second-order valence-electron chi connectivity index (χ2n) is 7.64. The van der Waals surface area contributed by atoms with Crippen molar-refractivity contribution in [2.45, 2.75) is 39.3 Å². The molecule has 3 nitrogen and oxygen atoms in total. The molecule has 1 unspecified atom stereocenters. The quantitative estimate of drug-likeness (QED) is 0.578. The summed E-state index contributed by atoms with van der Waals surface area (Å²) < 4.78 is 20.7. The summed E-state index contributed by atoms with van der Waals surface area (Å²) in [6.45, 7) is 8.01. The lowest BCUT2D eigenvalue weighted by Crippen LogP contribution is -2.35. The normalized spacial score (nSPS) is 18.7. The number of hydrogen-bond acceptors (Lipinski definition) is 3. The van der Waals surface area contributed by atoms with Crippen LogP contribution in [0.2, 0.25) is 0 Å². The Morgan fingerprint density at radius 2 is 1.52 bits per heavy atom. The summed E-state index contributed by atoms with van der Waals surface area (Å²) in [5.41, 5.74) is 2.15. The van der Waals surface area contributed by atoms with Crippen LogP contribution in [0.4, 0.5) is 0 Å². The fourth-order valence-corrected chi connectivity index (χ4v) is 7.11. The number of carbonyl (C=O) groups excluding carboxylic acids is 1. The van der Waals surface area contributed by atoms with Gasteiger partial charge in [0.2, 0.25) is 5.78 Å². The maximum Gasteiger partial charge on any atom is 0.229 e. The summed E-state index contributed by atoms with van der Waals surface area (Å²) in [7, 11) is -3.04. The van der Waals surface area contributed by atoms with E-state index in [2.05, 4.69) is 0 Å². The van der Waals surface area contributed by atoms with Gasteiger partial charge in [0.15, 0.2) is 12.9 Å².